The first kappa shape index (κ1) is 14.1. The molecule has 2 fully saturated rings. The smallest absolute Gasteiger partial charge is 0.409 e. The second kappa shape index (κ2) is 5.77. The van der Waals surface area contributed by atoms with Crippen LogP contribution < -0.4 is 5.73 Å². The molecule has 1 aliphatic carbocycles. The van der Waals surface area contributed by atoms with Crippen LogP contribution in [0.2, 0.25) is 0 Å². The molecule has 0 unspecified atom stereocenters. The fraction of sp³-hybridized carbons (Fsp3) is 0.846. The Labute approximate surface area is 113 Å². The summed E-state index contributed by atoms with van der Waals surface area (Å²) >= 11 is 0. The van der Waals surface area contributed by atoms with Crippen LogP contribution in [0.25, 0.3) is 0 Å². The van der Waals surface area contributed by atoms with E-state index in [1.54, 1.807) is 4.90 Å². The number of carbonyl (C=O) groups excluding carboxylic acids is 2. The summed E-state index contributed by atoms with van der Waals surface area (Å²) in [5.74, 6) is 0.178. The van der Waals surface area contributed by atoms with Gasteiger partial charge in [-0.2, -0.15) is 0 Å². The number of amides is 2. The van der Waals surface area contributed by atoms with Gasteiger partial charge in [0.25, 0.3) is 0 Å². The molecule has 0 bridgehead atoms. The largest absolute Gasteiger partial charge is 0.453 e. The molecule has 2 rings (SSSR count). The number of hydrogen-bond donors (Lipinski definition) is 1. The third-order valence-electron chi connectivity index (χ3n) is 4.40. The number of hydrogen-bond acceptors (Lipinski definition) is 4. The van der Waals surface area contributed by atoms with Gasteiger partial charge in [-0.05, 0) is 12.8 Å². The standard InChI is InChI=1S/C13H23N3O3/c1-19-12(18)16-8-6-15(7-9-16)11(17)13(10-14)4-2-3-5-13/h2-10,14H2,1H3. The number of methoxy groups -OCH3 is 1. The van der Waals surface area contributed by atoms with Crippen LogP contribution in [-0.4, -0.2) is 61.6 Å². The van der Waals surface area contributed by atoms with Crippen LogP contribution in [-0.2, 0) is 9.53 Å². The van der Waals surface area contributed by atoms with Crippen LogP contribution in [0.3, 0.4) is 0 Å². The van der Waals surface area contributed by atoms with Crippen LogP contribution >= 0.6 is 0 Å². The number of rotatable bonds is 2. The lowest BCUT2D eigenvalue weighted by Crippen LogP contribution is -2.55. The molecule has 0 aromatic rings. The molecule has 0 atom stereocenters. The van der Waals surface area contributed by atoms with E-state index in [4.69, 9.17) is 5.73 Å². The van der Waals surface area contributed by atoms with Crippen molar-refractivity contribution in [1.82, 2.24) is 9.80 Å². The Morgan fingerprint density at radius 2 is 1.63 bits per heavy atom. The number of nitrogens with zero attached hydrogens (tertiary/aromatic N) is 2. The predicted octanol–water partition coefficient (Wildman–Crippen LogP) is 0.416. The molecule has 19 heavy (non-hydrogen) atoms. The Morgan fingerprint density at radius 1 is 1.11 bits per heavy atom. The van der Waals surface area contributed by atoms with Gasteiger partial charge in [0, 0.05) is 32.7 Å². The van der Waals surface area contributed by atoms with Crippen LogP contribution in [0.5, 0.6) is 0 Å². The molecule has 1 aliphatic heterocycles. The molecule has 2 aliphatic rings. The molecule has 0 aromatic heterocycles. The summed E-state index contributed by atoms with van der Waals surface area (Å²) in [6.45, 7) is 2.67. The van der Waals surface area contributed by atoms with Gasteiger partial charge >= 0.3 is 6.09 Å². The fourth-order valence-corrected chi connectivity index (χ4v) is 3.11. The first-order valence-electron chi connectivity index (χ1n) is 6.95. The van der Waals surface area contributed by atoms with Crippen molar-refractivity contribution in [3.8, 4) is 0 Å². The second-order valence-electron chi connectivity index (χ2n) is 5.44. The van der Waals surface area contributed by atoms with Crippen LogP contribution in [0.15, 0.2) is 0 Å². The van der Waals surface area contributed by atoms with Gasteiger partial charge in [0.15, 0.2) is 0 Å². The molecule has 0 radical (unpaired) electrons. The van der Waals surface area contributed by atoms with Crippen molar-refractivity contribution in [3.05, 3.63) is 0 Å². The Kier molecular flexibility index (Phi) is 4.29. The van der Waals surface area contributed by atoms with Crippen LogP contribution in [0, 0.1) is 5.41 Å². The van der Waals surface area contributed by atoms with Gasteiger partial charge in [-0.3, -0.25) is 4.79 Å². The lowest BCUT2D eigenvalue weighted by molar-refractivity contribution is -0.143. The van der Waals surface area contributed by atoms with Crippen LogP contribution in [0.4, 0.5) is 4.79 Å². The highest BCUT2D eigenvalue weighted by Gasteiger charge is 2.43. The number of carbonyl (C=O) groups is 2. The molecule has 1 saturated heterocycles. The van der Waals surface area contributed by atoms with Gasteiger partial charge in [-0.1, -0.05) is 12.8 Å². The molecule has 6 heteroatoms. The normalized spacial score (nSPS) is 22.4. The maximum Gasteiger partial charge on any atom is 0.409 e. The zero-order valence-electron chi connectivity index (χ0n) is 11.6. The van der Waals surface area contributed by atoms with Gasteiger partial charge < -0.3 is 20.3 Å². The average molecular weight is 269 g/mol. The van der Waals surface area contributed by atoms with E-state index in [1.807, 2.05) is 4.90 Å². The number of piperazine rings is 1. The molecule has 2 N–H and O–H groups in total. The van der Waals surface area contributed by atoms with E-state index in [-0.39, 0.29) is 17.4 Å². The van der Waals surface area contributed by atoms with Gasteiger partial charge in [-0.15, -0.1) is 0 Å². The molecule has 0 aromatic carbocycles. The topological polar surface area (TPSA) is 75.9 Å². The highest BCUT2D eigenvalue weighted by molar-refractivity contribution is 5.83. The first-order chi connectivity index (χ1) is 9.13. The molecular formula is C13H23N3O3. The fourth-order valence-electron chi connectivity index (χ4n) is 3.11. The van der Waals surface area contributed by atoms with E-state index < -0.39 is 0 Å². The number of ether oxygens (including phenoxy) is 1. The lowest BCUT2D eigenvalue weighted by atomic mass is 9.84. The molecule has 6 nitrogen and oxygen atoms in total. The summed E-state index contributed by atoms with van der Waals surface area (Å²) in [4.78, 5) is 27.5. The van der Waals surface area contributed by atoms with Crippen LogP contribution in [0.1, 0.15) is 25.7 Å². The van der Waals surface area contributed by atoms with Gasteiger partial charge in [-0.25, -0.2) is 4.79 Å². The quantitative estimate of drug-likeness (QED) is 0.788. The Bertz CT molecular complexity index is 345. The Hall–Kier alpha value is -1.30. The predicted molar refractivity (Wildman–Crippen MR) is 70.5 cm³/mol. The lowest BCUT2D eigenvalue weighted by Gasteiger charge is -2.38. The summed E-state index contributed by atoms with van der Waals surface area (Å²) in [6, 6.07) is 0. The molecule has 1 heterocycles. The Balaban J connectivity index is 1.94. The zero-order valence-corrected chi connectivity index (χ0v) is 11.6. The van der Waals surface area contributed by atoms with Crippen molar-refractivity contribution < 1.29 is 14.3 Å². The van der Waals surface area contributed by atoms with E-state index >= 15 is 0 Å². The molecular weight excluding hydrogens is 246 g/mol. The summed E-state index contributed by atoms with van der Waals surface area (Å²) in [7, 11) is 1.38. The minimum Gasteiger partial charge on any atom is -0.453 e. The van der Waals surface area contributed by atoms with Crippen molar-refractivity contribution in [1.29, 1.82) is 0 Å². The first-order valence-corrected chi connectivity index (χ1v) is 6.95. The van der Waals surface area contributed by atoms with Crippen molar-refractivity contribution in [2.24, 2.45) is 11.1 Å². The third-order valence-corrected chi connectivity index (χ3v) is 4.40. The van der Waals surface area contributed by atoms with E-state index in [9.17, 15) is 9.59 Å². The zero-order chi connectivity index (χ0) is 13.9. The average Bonchev–Trinajstić information content (AvgIpc) is 2.96. The summed E-state index contributed by atoms with van der Waals surface area (Å²) in [6.07, 6.45) is 3.66. The summed E-state index contributed by atoms with van der Waals surface area (Å²) in [5, 5.41) is 0. The summed E-state index contributed by atoms with van der Waals surface area (Å²) < 4.78 is 4.69. The highest BCUT2D eigenvalue weighted by Crippen LogP contribution is 2.38. The maximum absolute atomic E-state index is 12.6. The molecule has 2 amide bonds. The molecule has 108 valence electrons. The maximum atomic E-state index is 12.6. The monoisotopic (exact) mass is 269 g/mol. The molecule has 1 saturated carbocycles. The van der Waals surface area contributed by atoms with Gasteiger partial charge in [0.05, 0.1) is 12.5 Å². The van der Waals surface area contributed by atoms with E-state index in [1.165, 1.54) is 7.11 Å². The van der Waals surface area contributed by atoms with Gasteiger partial charge in [0.1, 0.15) is 0 Å². The Morgan fingerprint density at radius 3 is 2.11 bits per heavy atom. The molecule has 0 spiro atoms. The van der Waals surface area contributed by atoms with Crippen molar-refractivity contribution >= 4 is 12.0 Å². The third kappa shape index (κ3) is 2.68. The van der Waals surface area contributed by atoms with Crippen molar-refractivity contribution in [3.63, 3.8) is 0 Å². The minimum atomic E-state index is -0.340. The minimum absolute atomic E-state index is 0.178. The second-order valence-corrected chi connectivity index (χ2v) is 5.44. The highest BCUT2D eigenvalue weighted by atomic mass is 16.5. The van der Waals surface area contributed by atoms with E-state index in [0.717, 1.165) is 25.7 Å². The SMILES string of the molecule is COC(=O)N1CCN(C(=O)C2(CN)CCCC2)CC1. The van der Waals surface area contributed by atoms with Crippen molar-refractivity contribution in [2.75, 3.05) is 39.8 Å². The van der Waals surface area contributed by atoms with Crippen molar-refractivity contribution in [2.45, 2.75) is 25.7 Å². The summed E-state index contributed by atoms with van der Waals surface area (Å²) in [5.41, 5.74) is 5.50. The van der Waals surface area contributed by atoms with E-state index in [2.05, 4.69) is 4.74 Å². The van der Waals surface area contributed by atoms with Gasteiger partial charge in [0.2, 0.25) is 5.91 Å². The number of nitrogens with two attached hydrogens (primary N) is 1. The van der Waals surface area contributed by atoms with E-state index in [0.29, 0.717) is 32.7 Å².